The van der Waals surface area contributed by atoms with E-state index in [4.69, 9.17) is 0 Å². The molecule has 0 aromatic heterocycles. The van der Waals surface area contributed by atoms with E-state index in [1.54, 1.807) is 48.5 Å². The van der Waals surface area contributed by atoms with Gasteiger partial charge in [0.05, 0.1) is 11.4 Å². The Balaban J connectivity index is 1.48. The molecule has 0 radical (unpaired) electrons. The van der Waals surface area contributed by atoms with Gasteiger partial charge in [0, 0.05) is 0 Å². The molecule has 8 nitrogen and oxygen atoms in total. The minimum absolute atomic E-state index is 0.0837. The summed E-state index contributed by atoms with van der Waals surface area (Å²) < 4.78 is 0. The first-order chi connectivity index (χ1) is 16.3. The Morgan fingerprint density at radius 1 is 0.471 bits per heavy atom. The van der Waals surface area contributed by atoms with E-state index in [1.165, 1.54) is 24.3 Å². The molecule has 1 heterocycles. The molecule has 0 atom stereocenters. The second-order valence-electron chi connectivity index (χ2n) is 8.03. The average molecular weight is 454 g/mol. The number of phenols is 2. The molecule has 1 fully saturated rings. The van der Waals surface area contributed by atoms with Crippen LogP contribution in [0.15, 0.2) is 72.8 Å². The van der Waals surface area contributed by atoms with Gasteiger partial charge >= 0.3 is 0 Å². The first kappa shape index (κ1) is 21.1. The third-order valence-electron chi connectivity index (χ3n) is 5.73. The van der Waals surface area contributed by atoms with Crippen molar-refractivity contribution in [1.82, 2.24) is 0 Å². The van der Waals surface area contributed by atoms with Crippen molar-refractivity contribution >= 4 is 56.5 Å². The van der Waals surface area contributed by atoms with E-state index in [1.807, 2.05) is 0 Å². The van der Waals surface area contributed by atoms with Gasteiger partial charge in [0.1, 0.15) is 24.3 Å². The van der Waals surface area contributed by atoms with Crippen molar-refractivity contribution in [2.24, 2.45) is 0 Å². The van der Waals surface area contributed by atoms with Crippen LogP contribution >= 0.6 is 0 Å². The highest BCUT2D eigenvalue weighted by Crippen LogP contribution is 2.30. The normalized spacial score (nSPS) is 15.2. The number of benzene rings is 4. The largest absolute Gasteiger partial charge is 0.508 e. The summed E-state index contributed by atoms with van der Waals surface area (Å²) in [5.74, 6) is -2.79. The van der Waals surface area contributed by atoms with Crippen LogP contribution < -0.4 is 9.80 Å². The van der Waals surface area contributed by atoms with Crippen LogP contribution in [0.25, 0.3) is 21.5 Å². The van der Waals surface area contributed by atoms with E-state index in [9.17, 15) is 29.4 Å². The lowest BCUT2D eigenvalue weighted by atomic mass is 10.1. The lowest BCUT2D eigenvalue weighted by Gasteiger charge is -2.28. The molecule has 0 unspecified atom stereocenters. The van der Waals surface area contributed by atoms with Crippen LogP contribution in [0.3, 0.4) is 0 Å². The first-order valence-corrected chi connectivity index (χ1v) is 10.5. The molecule has 0 saturated carbocycles. The van der Waals surface area contributed by atoms with Crippen LogP contribution in [0.1, 0.15) is 12.8 Å². The van der Waals surface area contributed by atoms with Crippen molar-refractivity contribution in [1.29, 1.82) is 0 Å². The number of nitrogens with zero attached hydrogens (tertiary/aromatic N) is 2. The summed E-state index contributed by atoms with van der Waals surface area (Å²) in [4.78, 5) is 53.7. The van der Waals surface area contributed by atoms with Crippen molar-refractivity contribution in [3.05, 3.63) is 72.8 Å². The molecule has 4 aromatic carbocycles. The van der Waals surface area contributed by atoms with E-state index in [0.29, 0.717) is 21.5 Å². The van der Waals surface area contributed by atoms with Gasteiger partial charge in [0.15, 0.2) is 0 Å². The number of hydrogen-bond donors (Lipinski definition) is 2. The molecule has 0 aliphatic carbocycles. The van der Waals surface area contributed by atoms with Gasteiger partial charge in [-0.15, -0.1) is 0 Å². The Morgan fingerprint density at radius 3 is 1.18 bits per heavy atom. The van der Waals surface area contributed by atoms with Crippen LogP contribution in [0.5, 0.6) is 11.5 Å². The molecule has 1 saturated heterocycles. The van der Waals surface area contributed by atoms with Crippen molar-refractivity contribution in [2.75, 3.05) is 9.80 Å². The minimum atomic E-state index is -0.740. The molecular formula is C26H18N2O6. The topological polar surface area (TPSA) is 115 Å². The van der Waals surface area contributed by atoms with Crippen LogP contribution in [-0.4, -0.2) is 33.8 Å². The Morgan fingerprint density at radius 2 is 0.794 bits per heavy atom. The summed E-state index contributed by atoms with van der Waals surface area (Å²) in [7, 11) is 0. The molecule has 34 heavy (non-hydrogen) atoms. The Bertz CT molecular complexity index is 1380. The quantitative estimate of drug-likeness (QED) is 0.353. The number of imide groups is 2. The predicted molar refractivity (Wildman–Crippen MR) is 125 cm³/mol. The maximum atomic E-state index is 13.0. The molecule has 5 rings (SSSR count). The monoisotopic (exact) mass is 454 g/mol. The van der Waals surface area contributed by atoms with Gasteiger partial charge in [-0.25, -0.2) is 9.80 Å². The Hall–Kier alpha value is -4.72. The van der Waals surface area contributed by atoms with Crippen LogP contribution in [0, 0.1) is 0 Å². The van der Waals surface area contributed by atoms with Crippen molar-refractivity contribution in [3.8, 4) is 11.5 Å². The summed E-state index contributed by atoms with van der Waals surface area (Å²) >= 11 is 0. The fourth-order valence-corrected chi connectivity index (χ4v) is 4.15. The summed E-state index contributed by atoms with van der Waals surface area (Å²) in [6, 6.07) is 18.9. The third kappa shape index (κ3) is 3.71. The second kappa shape index (κ2) is 8.00. The van der Waals surface area contributed by atoms with Crippen molar-refractivity contribution in [2.45, 2.75) is 12.8 Å². The molecule has 4 amide bonds. The molecule has 8 heteroatoms. The smallest absolute Gasteiger partial charge is 0.243 e. The summed E-state index contributed by atoms with van der Waals surface area (Å²) in [6.07, 6.45) is -1.34. The number of carbonyl (C=O) groups is 4. The number of hydrogen-bond acceptors (Lipinski definition) is 6. The molecule has 0 spiro atoms. The van der Waals surface area contributed by atoms with E-state index in [-0.39, 0.29) is 22.9 Å². The highest BCUT2D eigenvalue weighted by atomic mass is 16.3. The van der Waals surface area contributed by atoms with Crippen molar-refractivity contribution in [3.63, 3.8) is 0 Å². The van der Waals surface area contributed by atoms with Crippen LogP contribution in [0.2, 0.25) is 0 Å². The number of fused-ring (bicyclic) bond motifs is 2. The number of amides is 4. The maximum Gasteiger partial charge on any atom is 0.243 e. The van der Waals surface area contributed by atoms with Crippen molar-refractivity contribution < 1.29 is 29.4 Å². The number of aromatic hydroxyl groups is 2. The van der Waals surface area contributed by atoms with E-state index in [2.05, 4.69) is 0 Å². The zero-order valence-electron chi connectivity index (χ0n) is 17.8. The fourth-order valence-electron chi connectivity index (χ4n) is 4.15. The molecule has 168 valence electrons. The average Bonchev–Trinajstić information content (AvgIpc) is 2.78. The maximum absolute atomic E-state index is 13.0. The standard InChI is InChI=1S/C26H18N2O6/c29-21-7-3-15-9-19(5-1-17(15)11-21)27-23(31)13-25(33)28(26(34)14-24(27)32)20-6-2-18-12-22(30)8-4-16(18)10-20/h1-12,29-30H,13-14H2. The molecule has 1 aliphatic rings. The zero-order chi connectivity index (χ0) is 24.0. The molecule has 2 N–H and O–H groups in total. The number of phenolic OH excluding ortho intramolecular Hbond substituents is 2. The van der Waals surface area contributed by atoms with Gasteiger partial charge < -0.3 is 10.2 Å². The summed E-state index contributed by atoms with van der Waals surface area (Å²) in [5.41, 5.74) is 0.487. The third-order valence-corrected chi connectivity index (χ3v) is 5.73. The van der Waals surface area contributed by atoms with Crippen LogP contribution in [0.4, 0.5) is 11.4 Å². The van der Waals surface area contributed by atoms with E-state index >= 15 is 0 Å². The predicted octanol–water partition coefficient (Wildman–Crippen LogP) is 3.62. The van der Waals surface area contributed by atoms with Gasteiger partial charge in [0.2, 0.25) is 23.6 Å². The number of carbonyl (C=O) groups excluding carboxylic acids is 4. The van der Waals surface area contributed by atoms with Gasteiger partial charge in [-0.1, -0.05) is 24.3 Å². The molecule has 1 aliphatic heterocycles. The first-order valence-electron chi connectivity index (χ1n) is 10.5. The Kier molecular flexibility index (Phi) is 4.98. The summed E-state index contributed by atoms with van der Waals surface area (Å²) in [6.45, 7) is 0. The number of rotatable bonds is 2. The SMILES string of the molecule is O=C1CC(=O)N(c2ccc3cc(O)ccc3c2)C(=O)CC(=O)N1c1ccc2cc(O)ccc2c1. The van der Waals surface area contributed by atoms with Gasteiger partial charge in [-0.05, 0) is 70.1 Å². The highest BCUT2D eigenvalue weighted by molar-refractivity contribution is 6.31. The molecular weight excluding hydrogens is 436 g/mol. The minimum Gasteiger partial charge on any atom is -0.508 e. The fraction of sp³-hybridized carbons (Fsp3) is 0.0769. The highest BCUT2D eigenvalue weighted by Gasteiger charge is 2.36. The zero-order valence-corrected chi connectivity index (χ0v) is 17.8. The van der Waals surface area contributed by atoms with Crippen LogP contribution in [-0.2, 0) is 19.2 Å². The molecule has 4 aromatic rings. The van der Waals surface area contributed by atoms with Gasteiger partial charge in [-0.3, -0.25) is 19.2 Å². The molecule has 0 bridgehead atoms. The number of anilines is 2. The van der Waals surface area contributed by atoms with Gasteiger partial charge in [-0.2, -0.15) is 0 Å². The second-order valence-corrected chi connectivity index (χ2v) is 8.03. The lowest BCUT2D eigenvalue weighted by Crippen LogP contribution is -2.49. The van der Waals surface area contributed by atoms with E-state index in [0.717, 1.165) is 9.80 Å². The Labute approximate surface area is 193 Å². The lowest BCUT2D eigenvalue weighted by molar-refractivity contribution is -0.134. The van der Waals surface area contributed by atoms with E-state index < -0.39 is 36.5 Å². The van der Waals surface area contributed by atoms with Gasteiger partial charge in [0.25, 0.3) is 0 Å². The summed E-state index contributed by atoms with van der Waals surface area (Å²) in [5, 5.41) is 22.1.